The number of carbonyl (C=O) groups is 1. The van der Waals surface area contributed by atoms with Gasteiger partial charge in [0.15, 0.2) is 0 Å². The zero-order valence-corrected chi connectivity index (χ0v) is 18.0. The fourth-order valence-corrected chi connectivity index (χ4v) is 9.40. The van der Waals surface area contributed by atoms with Crippen molar-refractivity contribution in [3.63, 3.8) is 0 Å². The summed E-state index contributed by atoms with van der Waals surface area (Å²) in [4.78, 5) is 13.5. The molecule has 6 fully saturated rings. The van der Waals surface area contributed by atoms with Gasteiger partial charge in [-0.1, -0.05) is 27.7 Å². The zero-order chi connectivity index (χ0) is 19.0. The Hall–Kier alpha value is -0.530. The van der Waals surface area contributed by atoms with E-state index < -0.39 is 0 Å². The van der Waals surface area contributed by atoms with Gasteiger partial charge in [-0.05, 0) is 106 Å². The topological polar surface area (TPSA) is 26.3 Å². The lowest BCUT2D eigenvalue weighted by atomic mass is 9.44. The lowest BCUT2D eigenvalue weighted by Crippen LogP contribution is -2.60. The summed E-state index contributed by atoms with van der Waals surface area (Å²) < 4.78 is 6.70. The van der Waals surface area contributed by atoms with E-state index in [1.165, 1.54) is 44.9 Å². The number of hydrogen-bond donors (Lipinski definition) is 0. The van der Waals surface area contributed by atoms with Crippen LogP contribution in [0.3, 0.4) is 0 Å². The van der Waals surface area contributed by atoms with Crippen LogP contribution in [0.1, 0.15) is 91.9 Å². The van der Waals surface area contributed by atoms with Gasteiger partial charge in [-0.2, -0.15) is 0 Å². The molecule has 0 spiro atoms. The van der Waals surface area contributed by atoms with Crippen LogP contribution in [0.25, 0.3) is 0 Å². The molecule has 0 amide bonds. The van der Waals surface area contributed by atoms with Gasteiger partial charge in [-0.25, -0.2) is 0 Å². The van der Waals surface area contributed by atoms with Gasteiger partial charge in [-0.3, -0.25) is 4.79 Å². The molecule has 27 heavy (non-hydrogen) atoms. The Bertz CT molecular complexity index is 566. The van der Waals surface area contributed by atoms with Crippen LogP contribution in [0.15, 0.2) is 0 Å². The molecular weight excluding hydrogens is 332 g/mol. The first-order valence-corrected chi connectivity index (χ1v) is 12.1. The van der Waals surface area contributed by atoms with Gasteiger partial charge < -0.3 is 4.74 Å². The SMILES string of the molecule is CCC(CC)(OC(=O)C1CC2CC1C(C)C2C)C12CC3CC(CC(C3)C1)C2. The van der Waals surface area contributed by atoms with Crippen molar-refractivity contribution in [2.75, 3.05) is 0 Å². The molecular formula is C25H40O2. The Kier molecular flexibility index (Phi) is 4.27. The molecule has 6 bridgehead atoms. The van der Waals surface area contributed by atoms with Crippen molar-refractivity contribution < 1.29 is 9.53 Å². The Morgan fingerprint density at radius 3 is 1.89 bits per heavy atom. The third-order valence-electron chi connectivity index (χ3n) is 10.6. The molecule has 0 radical (unpaired) electrons. The van der Waals surface area contributed by atoms with E-state index in [1.807, 2.05) is 0 Å². The summed E-state index contributed by atoms with van der Waals surface area (Å²) in [5.74, 6) is 5.94. The maximum atomic E-state index is 13.5. The largest absolute Gasteiger partial charge is 0.458 e. The van der Waals surface area contributed by atoms with Crippen molar-refractivity contribution in [3.05, 3.63) is 0 Å². The van der Waals surface area contributed by atoms with Gasteiger partial charge in [0.05, 0.1) is 5.92 Å². The average Bonchev–Trinajstić information content (AvgIpc) is 3.19. The molecule has 6 rings (SSSR count). The summed E-state index contributed by atoms with van der Waals surface area (Å²) in [5.41, 5.74) is 0.0915. The Morgan fingerprint density at radius 1 is 0.889 bits per heavy atom. The fourth-order valence-electron chi connectivity index (χ4n) is 9.40. The molecule has 0 saturated heterocycles. The van der Waals surface area contributed by atoms with E-state index in [-0.39, 0.29) is 22.9 Å². The lowest BCUT2D eigenvalue weighted by Gasteiger charge is -2.63. The molecule has 152 valence electrons. The van der Waals surface area contributed by atoms with E-state index in [0.29, 0.717) is 11.8 Å². The summed E-state index contributed by atoms with van der Waals surface area (Å²) >= 11 is 0. The smallest absolute Gasteiger partial charge is 0.309 e. The highest BCUT2D eigenvalue weighted by Gasteiger charge is 2.62. The molecule has 2 nitrogen and oxygen atoms in total. The van der Waals surface area contributed by atoms with Gasteiger partial charge in [0.25, 0.3) is 0 Å². The molecule has 5 atom stereocenters. The van der Waals surface area contributed by atoms with Crippen LogP contribution in [-0.4, -0.2) is 11.6 Å². The van der Waals surface area contributed by atoms with Crippen LogP contribution >= 0.6 is 0 Å². The summed E-state index contributed by atoms with van der Waals surface area (Å²) in [6, 6.07) is 0. The van der Waals surface area contributed by atoms with Crippen molar-refractivity contribution >= 4 is 5.97 Å². The summed E-state index contributed by atoms with van der Waals surface area (Å²) in [5, 5.41) is 0. The molecule has 0 N–H and O–H groups in total. The zero-order valence-electron chi connectivity index (χ0n) is 18.0. The summed E-state index contributed by atoms with van der Waals surface area (Å²) in [7, 11) is 0. The van der Waals surface area contributed by atoms with E-state index in [2.05, 4.69) is 27.7 Å². The van der Waals surface area contributed by atoms with Gasteiger partial charge in [0.1, 0.15) is 5.60 Å². The Labute approximate surface area is 166 Å². The molecule has 2 heteroatoms. The van der Waals surface area contributed by atoms with Crippen LogP contribution in [0, 0.1) is 52.8 Å². The minimum Gasteiger partial charge on any atom is -0.458 e. The van der Waals surface area contributed by atoms with Crippen molar-refractivity contribution in [3.8, 4) is 0 Å². The number of ether oxygens (including phenoxy) is 1. The monoisotopic (exact) mass is 372 g/mol. The first-order chi connectivity index (χ1) is 12.9. The molecule has 6 saturated carbocycles. The fraction of sp³-hybridized carbons (Fsp3) is 0.960. The van der Waals surface area contributed by atoms with Gasteiger partial charge >= 0.3 is 5.97 Å². The van der Waals surface area contributed by atoms with Crippen LogP contribution in [0.5, 0.6) is 0 Å². The highest BCUT2D eigenvalue weighted by Crippen LogP contribution is 2.66. The highest BCUT2D eigenvalue weighted by molar-refractivity contribution is 5.74. The molecule has 0 aromatic heterocycles. The lowest BCUT2D eigenvalue weighted by molar-refractivity contribution is -0.217. The van der Waals surface area contributed by atoms with E-state index in [9.17, 15) is 4.79 Å². The normalized spacial score (nSPS) is 50.4. The van der Waals surface area contributed by atoms with Gasteiger partial charge in [0, 0.05) is 5.41 Å². The number of carbonyl (C=O) groups excluding carboxylic acids is 1. The molecule has 0 aromatic rings. The Balaban J connectivity index is 1.39. The molecule has 6 aliphatic carbocycles. The molecule has 0 aliphatic heterocycles. The molecule has 0 heterocycles. The average molecular weight is 373 g/mol. The van der Waals surface area contributed by atoms with Crippen LogP contribution in [0.2, 0.25) is 0 Å². The summed E-state index contributed by atoms with van der Waals surface area (Å²) in [6.45, 7) is 9.36. The van der Waals surface area contributed by atoms with Crippen molar-refractivity contribution in [2.24, 2.45) is 52.8 Å². The van der Waals surface area contributed by atoms with Crippen molar-refractivity contribution in [1.29, 1.82) is 0 Å². The van der Waals surface area contributed by atoms with E-state index in [0.717, 1.165) is 48.9 Å². The maximum Gasteiger partial charge on any atom is 0.309 e. The van der Waals surface area contributed by atoms with E-state index >= 15 is 0 Å². The molecule has 5 unspecified atom stereocenters. The second-order valence-corrected chi connectivity index (χ2v) is 11.5. The number of rotatable bonds is 5. The van der Waals surface area contributed by atoms with Crippen molar-refractivity contribution in [2.45, 2.75) is 97.5 Å². The standard InChI is InChI=1S/C25H40O2/c1-5-25(6-2,24-12-17-7-18(13-24)9-19(8-17)14-24)27-23(26)22-11-20-10-21(22)16(4)15(20)3/h15-22H,5-14H2,1-4H3. The van der Waals surface area contributed by atoms with Crippen LogP contribution in [0.4, 0.5) is 0 Å². The quantitative estimate of drug-likeness (QED) is 0.534. The predicted octanol–water partition coefficient (Wildman–Crippen LogP) is 6.23. The Morgan fingerprint density at radius 2 is 1.44 bits per heavy atom. The first-order valence-electron chi connectivity index (χ1n) is 12.1. The predicted molar refractivity (Wildman–Crippen MR) is 108 cm³/mol. The second-order valence-electron chi connectivity index (χ2n) is 11.5. The minimum atomic E-state index is -0.198. The molecule has 6 aliphatic rings. The third-order valence-corrected chi connectivity index (χ3v) is 10.6. The van der Waals surface area contributed by atoms with Crippen molar-refractivity contribution in [1.82, 2.24) is 0 Å². The number of esters is 1. The second kappa shape index (κ2) is 6.23. The summed E-state index contributed by atoms with van der Waals surface area (Å²) in [6.07, 6.45) is 12.7. The van der Waals surface area contributed by atoms with Crippen LogP contribution < -0.4 is 0 Å². The first kappa shape index (κ1) is 18.5. The maximum absolute atomic E-state index is 13.5. The van der Waals surface area contributed by atoms with Gasteiger partial charge in [0.2, 0.25) is 0 Å². The highest BCUT2D eigenvalue weighted by atomic mass is 16.6. The third kappa shape index (κ3) is 2.53. The van der Waals surface area contributed by atoms with Gasteiger partial charge in [-0.15, -0.1) is 0 Å². The van der Waals surface area contributed by atoms with E-state index in [1.54, 1.807) is 0 Å². The number of fused-ring (bicyclic) bond motifs is 2. The van der Waals surface area contributed by atoms with E-state index in [4.69, 9.17) is 4.74 Å². The number of hydrogen-bond acceptors (Lipinski definition) is 2. The molecule has 0 aromatic carbocycles. The minimum absolute atomic E-state index is 0.181. The van der Waals surface area contributed by atoms with Crippen LogP contribution in [-0.2, 0) is 9.53 Å².